The molecule has 1 heterocycles. The van der Waals surface area contributed by atoms with E-state index in [4.69, 9.17) is 0 Å². The second kappa shape index (κ2) is 8.24. The summed E-state index contributed by atoms with van der Waals surface area (Å²) in [7, 11) is -3.74. The highest BCUT2D eigenvalue weighted by Crippen LogP contribution is 2.28. The molecule has 1 N–H and O–H groups in total. The van der Waals surface area contributed by atoms with E-state index in [2.05, 4.69) is 46.6 Å². The molecule has 0 spiro atoms. The van der Waals surface area contributed by atoms with E-state index < -0.39 is 10.0 Å². The molecule has 0 aliphatic carbocycles. The van der Waals surface area contributed by atoms with Gasteiger partial charge in [-0.25, -0.2) is 13.4 Å². The van der Waals surface area contributed by atoms with Crippen LogP contribution in [0.1, 0.15) is 29.2 Å². The van der Waals surface area contributed by atoms with Crippen molar-refractivity contribution < 1.29 is 8.42 Å². The van der Waals surface area contributed by atoms with E-state index in [1.165, 1.54) is 0 Å². The van der Waals surface area contributed by atoms with Crippen LogP contribution in [0.3, 0.4) is 0 Å². The Hall–Kier alpha value is -3.44. The van der Waals surface area contributed by atoms with Gasteiger partial charge in [0.1, 0.15) is 5.82 Å². The van der Waals surface area contributed by atoms with Gasteiger partial charge < -0.3 is 0 Å². The lowest BCUT2D eigenvalue weighted by Gasteiger charge is -2.14. The number of nitrogens with zero attached hydrogens (tertiary/aromatic N) is 1. The summed E-state index contributed by atoms with van der Waals surface area (Å²) in [6.45, 7) is 11.5. The molecular weight excluding hydrogens is 416 g/mol. The maximum atomic E-state index is 13.0. The monoisotopic (exact) mass is 442 g/mol. The highest BCUT2D eigenvalue weighted by Gasteiger charge is 2.20. The standard InChI is InChI=1S/C27H26N2O2S/c1-17(2)21-6-8-22(9-7-21)23-10-12-25-24(16-23)11-13-26(28-25)29-32(30,31)27-19(4)14-18(3)15-20(27)5/h6-16H,1H2,2-5H3,(H,28,29). The molecule has 0 amide bonds. The van der Waals surface area contributed by atoms with Crippen molar-refractivity contribution in [3.8, 4) is 11.1 Å². The van der Waals surface area contributed by atoms with Gasteiger partial charge in [-0.2, -0.15) is 0 Å². The summed E-state index contributed by atoms with van der Waals surface area (Å²) in [4.78, 5) is 4.84. The summed E-state index contributed by atoms with van der Waals surface area (Å²) in [5.74, 6) is 0.301. The molecule has 32 heavy (non-hydrogen) atoms. The maximum absolute atomic E-state index is 13.0. The fourth-order valence-corrected chi connectivity index (χ4v) is 5.55. The SMILES string of the molecule is C=C(C)c1ccc(-c2ccc3nc(NS(=O)(=O)c4c(C)cc(C)cc4C)ccc3c2)cc1. The average Bonchev–Trinajstić information content (AvgIpc) is 2.72. The summed E-state index contributed by atoms with van der Waals surface area (Å²) in [5, 5.41) is 0.942. The third-order valence-electron chi connectivity index (χ3n) is 5.51. The minimum atomic E-state index is -3.74. The first kappa shape index (κ1) is 21.8. The second-order valence-corrected chi connectivity index (χ2v) is 9.91. The molecule has 0 aliphatic heterocycles. The van der Waals surface area contributed by atoms with Gasteiger partial charge in [0, 0.05) is 5.39 Å². The van der Waals surface area contributed by atoms with E-state index in [1.807, 2.05) is 58.0 Å². The first-order chi connectivity index (χ1) is 15.1. The lowest BCUT2D eigenvalue weighted by molar-refractivity contribution is 0.600. The highest BCUT2D eigenvalue weighted by atomic mass is 32.2. The molecule has 162 valence electrons. The summed E-state index contributed by atoms with van der Waals surface area (Å²) in [5.41, 5.74) is 7.53. The van der Waals surface area contributed by atoms with Crippen LogP contribution in [0.2, 0.25) is 0 Å². The lowest BCUT2D eigenvalue weighted by Crippen LogP contribution is -2.16. The third-order valence-corrected chi connectivity index (χ3v) is 7.17. The number of fused-ring (bicyclic) bond motifs is 1. The van der Waals surface area contributed by atoms with Crippen LogP contribution in [0, 0.1) is 20.8 Å². The summed E-state index contributed by atoms with van der Waals surface area (Å²) >= 11 is 0. The predicted molar refractivity (Wildman–Crippen MR) is 133 cm³/mol. The largest absolute Gasteiger partial charge is 0.263 e. The van der Waals surface area contributed by atoms with Crippen LogP contribution in [-0.2, 0) is 10.0 Å². The Bertz CT molecular complexity index is 1430. The zero-order chi connectivity index (χ0) is 23.0. The number of rotatable bonds is 5. The van der Waals surface area contributed by atoms with Crippen LogP contribution in [0.4, 0.5) is 5.82 Å². The molecule has 0 saturated heterocycles. The molecule has 4 aromatic rings. The number of pyridine rings is 1. The van der Waals surface area contributed by atoms with Crippen molar-refractivity contribution in [2.24, 2.45) is 0 Å². The molecule has 0 aliphatic rings. The Balaban J connectivity index is 1.65. The quantitative estimate of drug-likeness (QED) is 0.376. The molecule has 0 atom stereocenters. The Labute approximate surface area is 189 Å². The minimum Gasteiger partial charge on any atom is -0.263 e. The molecule has 5 heteroatoms. The predicted octanol–water partition coefficient (Wildman–Crippen LogP) is 6.66. The van der Waals surface area contributed by atoms with E-state index >= 15 is 0 Å². The Kier molecular flexibility index (Phi) is 5.61. The zero-order valence-corrected chi connectivity index (χ0v) is 19.5. The number of sulfonamides is 1. The molecule has 4 rings (SSSR count). The van der Waals surface area contributed by atoms with Crippen molar-refractivity contribution in [1.82, 2.24) is 4.98 Å². The second-order valence-electron chi connectivity index (χ2n) is 8.29. The van der Waals surface area contributed by atoms with Crippen molar-refractivity contribution in [3.63, 3.8) is 0 Å². The van der Waals surface area contributed by atoms with Gasteiger partial charge in [0.25, 0.3) is 10.0 Å². The van der Waals surface area contributed by atoms with Crippen LogP contribution in [0.15, 0.2) is 78.2 Å². The number of aromatic nitrogens is 1. The lowest BCUT2D eigenvalue weighted by atomic mass is 10.0. The summed E-state index contributed by atoms with van der Waals surface area (Å²) in [6.07, 6.45) is 0. The first-order valence-corrected chi connectivity index (χ1v) is 11.9. The fourth-order valence-electron chi connectivity index (χ4n) is 4.09. The van der Waals surface area contributed by atoms with Crippen LogP contribution in [-0.4, -0.2) is 13.4 Å². The van der Waals surface area contributed by atoms with Gasteiger partial charge >= 0.3 is 0 Å². The maximum Gasteiger partial charge on any atom is 0.263 e. The van der Waals surface area contributed by atoms with Gasteiger partial charge in [-0.15, -0.1) is 0 Å². The van der Waals surface area contributed by atoms with Crippen LogP contribution in [0.5, 0.6) is 0 Å². The van der Waals surface area contributed by atoms with E-state index in [0.717, 1.165) is 49.9 Å². The van der Waals surface area contributed by atoms with Crippen molar-refractivity contribution in [2.45, 2.75) is 32.6 Å². The average molecular weight is 443 g/mol. The molecule has 0 radical (unpaired) electrons. The smallest absolute Gasteiger partial charge is 0.263 e. The van der Waals surface area contributed by atoms with Crippen LogP contribution >= 0.6 is 0 Å². The molecule has 4 nitrogen and oxygen atoms in total. The molecule has 0 unspecified atom stereocenters. The Morgan fingerprint density at radius 2 is 1.47 bits per heavy atom. The molecule has 1 aromatic heterocycles. The molecule has 0 bridgehead atoms. The van der Waals surface area contributed by atoms with Gasteiger partial charge in [-0.05, 0) is 79.8 Å². The Morgan fingerprint density at radius 3 is 2.09 bits per heavy atom. The summed E-state index contributed by atoms with van der Waals surface area (Å²) < 4.78 is 28.7. The third kappa shape index (κ3) is 4.30. The molecule has 0 fully saturated rings. The van der Waals surface area contributed by atoms with Crippen molar-refractivity contribution in [2.75, 3.05) is 4.72 Å². The fraction of sp³-hybridized carbons (Fsp3) is 0.148. The molecule has 0 saturated carbocycles. The van der Waals surface area contributed by atoms with E-state index in [1.54, 1.807) is 6.07 Å². The zero-order valence-electron chi connectivity index (χ0n) is 18.7. The normalized spacial score (nSPS) is 11.5. The minimum absolute atomic E-state index is 0.301. The number of allylic oxidation sites excluding steroid dienone is 1. The molecule has 3 aromatic carbocycles. The van der Waals surface area contributed by atoms with Crippen LogP contribution < -0.4 is 4.72 Å². The van der Waals surface area contributed by atoms with Gasteiger partial charge in [-0.3, -0.25) is 4.72 Å². The first-order valence-electron chi connectivity index (χ1n) is 10.4. The number of anilines is 1. The Morgan fingerprint density at radius 1 is 0.844 bits per heavy atom. The van der Waals surface area contributed by atoms with Crippen LogP contribution in [0.25, 0.3) is 27.6 Å². The van der Waals surface area contributed by atoms with E-state index in [-0.39, 0.29) is 0 Å². The number of benzene rings is 3. The van der Waals surface area contributed by atoms with E-state index in [9.17, 15) is 8.42 Å². The van der Waals surface area contributed by atoms with Gasteiger partial charge in [0.2, 0.25) is 0 Å². The topological polar surface area (TPSA) is 59.1 Å². The highest BCUT2D eigenvalue weighted by molar-refractivity contribution is 7.92. The van der Waals surface area contributed by atoms with Crippen molar-refractivity contribution >= 4 is 32.3 Å². The summed E-state index contributed by atoms with van der Waals surface area (Å²) in [6, 6.07) is 21.6. The van der Waals surface area contributed by atoms with Gasteiger partial charge in [-0.1, -0.05) is 60.2 Å². The number of hydrogen-bond donors (Lipinski definition) is 1. The van der Waals surface area contributed by atoms with Crippen molar-refractivity contribution in [1.29, 1.82) is 0 Å². The van der Waals surface area contributed by atoms with Gasteiger partial charge in [0.15, 0.2) is 0 Å². The van der Waals surface area contributed by atoms with Gasteiger partial charge in [0.05, 0.1) is 10.4 Å². The number of hydrogen-bond acceptors (Lipinski definition) is 3. The number of nitrogens with one attached hydrogen (secondary N) is 1. The van der Waals surface area contributed by atoms with Crippen molar-refractivity contribution in [3.05, 3.63) is 95.6 Å². The van der Waals surface area contributed by atoms with E-state index in [0.29, 0.717) is 10.7 Å². The molecular formula is C27H26N2O2S. The number of aryl methyl sites for hydroxylation is 3.